The average molecular weight is 583 g/mol. The summed E-state index contributed by atoms with van der Waals surface area (Å²) in [5.41, 5.74) is -8.78. The highest BCUT2D eigenvalue weighted by Gasteiger charge is 2.71. The summed E-state index contributed by atoms with van der Waals surface area (Å²) >= 11 is 0. The Hall–Kier alpha value is -3.40. The molecule has 2 amide bonds. The first-order valence-electron chi connectivity index (χ1n) is 11.1. The highest BCUT2D eigenvalue weighted by Crippen LogP contribution is 2.50. The van der Waals surface area contributed by atoms with Crippen LogP contribution in [0.2, 0.25) is 0 Å². The summed E-state index contributed by atoms with van der Waals surface area (Å²) in [5.74, 6) is -1.84. The van der Waals surface area contributed by atoms with Gasteiger partial charge in [0.2, 0.25) is 0 Å². The van der Waals surface area contributed by atoms with Crippen LogP contribution in [-0.2, 0) is 26.8 Å². The topological polar surface area (TPSA) is 127 Å². The van der Waals surface area contributed by atoms with Crippen molar-refractivity contribution in [2.45, 2.75) is 53.9 Å². The quantitative estimate of drug-likeness (QED) is 0.504. The normalized spacial score (nSPS) is 19.0. The molecule has 2 N–H and O–H groups in total. The molecule has 1 aliphatic carbocycles. The third-order valence-corrected chi connectivity index (χ3v) is 8.40. The molecule has 39 heavy (non-hydrogen) atoms. The molecule has 8 nitrogen and oxygen atoms in total. The third-order valence-electron chi connectivity index (χ3n) is 6.54. The van der Waals surface area contributed by atoms with E-state index in [4.69, 9.17) is 0 Å². The molecule has 0 spiro atoms. The van der Waals surface area contributed by atoms with Crippen LogP contribution in [0.3, 0.4) is 0 Å². The Morgan fingerprint density at radius 2 is 1.59 bits per heavy atom. The zero-order valence-electron chi connectivity index (χ0n) is 19.4. The molecule has 0 aromatic heterocycles. The van der Waals surface area contributed by atoms with Gasteiger partial charge in [0, 0.05) is 17.8 Å². The van der Waals surface area contributed by atoms with E-state index in [-0.39, 0.29) is 34.6 Å². The van der Waals surface area contributed by atoms with E-state index in [0.29, 0.717) is 29.2 Å². The van der Waals surface area contributed by atoms with Gasteiger partial charge in [-0.05, 0) is 48.2 Å². The molecule has 0 saturated heterocycles. The number of rotatable bonds is 6. The molecule has 1 fully saturated rings. The number of nitrogens with zero attached hydrogens (tertiary/aromatic N) is 1. The molecular formula is C23H18F7N2O6S-. The monoisotopic (exact) mass is 583 g/mol. The van der Waals surface area contributed by atoms with E-state index in [1.165, 1.54) is 0 Å². The van der Waals surface area contributed by atoms with Gasteiger partial charge in [-0.25, -0.2) is 12.8 Å². The van der Waals surface area contributed by atoms with Gasteiger partial charge in [-0.1, -0.05) is 18.2 Å². The lowest BCUT2D eigenvalue weighted by Crippen LogP contribution is -2.53. The Morgan fingerprint density at radius 3 is 2.08 bits per heavy atom. The van der Waals surface area contributed by atoms with E-state index in [9.17, 15) is 59.0 Å². The fourth-order valence-electron chi connectivity index (χ4n) is 4.27. The molecule has 1 heterocycles. The number of carboxylic acid groups (broad SMARTS) is 1. The molecule has 2 aromatic rings. The van der Waals surface area contributed by atoms with Crippen LogP contribution in [0, 0.1) is 0 Å². The average Bonchev–Trinajstić information content (AvgIpc) is 3.38. The first-order valence-corrected chi connectivity index (χ1v) is 12.7. The lowest BCUT2D eigenvalue weighted by molar-refractivity contribution is -0.376. The second-order valence-electron chi connectivity index (χ2n) is 9.34. The maximum Gasteiger partial charge on any atom is 0.430 e. The lowest BCUT2D eigenvalue weighted by atomic mass is 9.92. The standard InChI is InChI=1S/C23H19F7N2O6S/c24-20(7-8-20)11-39(37,38)15-5-6-16-12(9-15)10-32(19(34)35)17(16)18(33)31-14-3-1-13(2-4-14)21(36,22(25,26)27)23(28,29)30/h1-6,9,17,36H,7-8,10-11H2,(H,31,33)(H,34,35)/p-1. The van der Waals surface area contributed by atoms with E-state index in [1.54, 1.807) is 0 Å². The number of halogens is 7. The van der Waals surface area contributed by atoms with Crippen LogP contribution in [0.25, 0.3) is 0 Å². The fourth-order valence-corrected chi connectivity index (χ4v) is 6.01. The Morgan fingerprint density at radius 1 is 1.03 bits per heavy atom. The van der Waals surface area contributed by atoms with E-state index < -0.39 is 69.4 Å². The number of benzene rings is 2. The van der Waals surface area contributed by atoms with Crippen LogP contribution in [0.5, 0.6) is 0 Å². The van der Waals surface area contributed by atoms with E-state index >= 15 is 0 Å². The van der Waals surface area contributed by atoms with Gasteiger partial charge in [-0.2, -0.15) is 26.3 Å². The number of sulfone groups is 1. The first-order chi connectivity index (χ1) is 17.8. The molecule has 16 heteroatoms. The number of carbonyl (C=O) groups is 2. The molecule has 1 atom stereocenters. The highest BCUT2D eigenvalue weighted by atomic mass is 32.2. The number of aliphatic hydroxyl groups is 1. The van der Waals surface area contributed by atoms with E-state index in [0.717, 1.165) is 18.2 Å². The Bertz CT molecular complexity index is 1410. The second kappa shape index (κ2) is 9.08. The number of amides is 2. The number of hydrogen-bond donors (Lipinski definition) is 2. The van der Waals surface area contributed by atoms with Gasteiger partial charge in [0.25, 0.3) is 11.5 Å². The number of fused-ring (bicyclic) bond motifs is 1. The van der Waals surface area contributed by atoms with E-state index in [1.807, 2.05) is 0 Å². The zero-order chi connectivity index (χ0) is 29.2. The van der Waals surface area contributed by atoms with Crippen molar-refractivity contribution in [3.8, 4) is 0 Å². The van der Waals surface area contributed by atoms with Crippen molar-refractivity contribution in [2.75, 3.05) is 11.1 Å². The first kappa shape index (κ1) is 28.6. The summed E-state index contributed by atoms with van der Waals surface area (Å²) in [4.78, 5) is 24.9. The molecule has 1 aliphatic heterocycles. The van der Waals surface area contributed by atoms with Gasteiger partial charge < -0.3 is 25.2 Å². The number of anilines is 1. The Labute approximate surface area is 215 Å². The highest BCUT2D eigenvalue weighted by molar-refractivity contribution is 7.91. The number of carbonyl (C=O) groups excluding carboxylic acids is 2. The van der Waals surface area contributed by atoms with Gasteiger partial charge in [0.15, 0.2) is 9.84 Å². The van der Waals surface area contributed by atoms with Crippen molar-refractivity contribution in [1.29, 1.82) is 0 Å². The Balaban J connectivity index is 1.59. The fraction of sp³-hybridized carbons (Fsp3) is 0.391. The molecule has 212 valence electrons. The van der Waals surface area contributed by atoms with Gasteiger partial charge in [0.1, 0.15) is 17.8 Å². The van der Waals surface area contributed by atoms with Crippen molar-refractivity contribution in [1.82, 2.24) is 4.90 Å². The van der Waals surface area contributed by atoms with Crippen molar-refractivity contribution >= 4 is 27.5 Å². The van der Waals surface area contributed by atoms with Crippen LogP contribution in [-0.4, -0.2) is 54.2 Å². The predicted molar refractivity (Wildman–Crippen MR) is 116 cm³/mol. The zero-order valence-corrected chi connectivity index (χ0v) is 20.3. The van der Waals surface area contributed by atoms with Crippen LogP contribution in [0.15, 0.2) is 47.4 Å². The summed E-state index contributed by atoms with van der Waals surface area (Å²) in [6, 6.07) is 3.61. The van der Waals surface area contributed by atoms with Crippen molar-refractivity contribution in [3.05, 3.63) is 59.2 Å². The van der Waals surface area contributed by atoms with Gasteiger partial charge in [-0.15, -0.1) is 0 Å². The van der Waals surface area contributed by atoms with Crippen molar-refractivity contribution < 1.29 is 59.0 Å². The summed E-state index contributed by atoms with van der Waals surface area (Å²) in [5, 5.41) is 23.3. The summed E-state index contributed by atoms with van der Waals surface area (Å²) < 4.78 is 118. The number of hydrogen-bond acceptors (Lipinski definition) is 6. The van der Waals surface area contributed by atoms with Gasteiger partial charge in [0.05, 0.1) is 10.6 Å². The van der Waals surface area contributed by atoms with Crippen LogP contribution in [0.4, 0.5) is 41.2 Å². The largest absolute Gasteiger partial charge is 0.530 e. The minimum Gasteiger partial charge on any atom is -0.530 e. The molecule has 0 radical (unpaired) electrons. The van der Waals surface area contributed by atoms with Crippen LogP contribution < -0.4 is 10.4 Å². The number of nitrogens with one attached hydrogen (secondary N) is 1. The predicted octanol–water partition coefficient (Wildman–Crippen LogP) is 3.11. The smallest absolute Gasteiger partial charge is 0.430 e. The third kappa shape index (κ3) is 5.14. The summed E-state index contributed by atoms with van der Waals surface area (Å²) in [6.07, 6.45) is -13.9. The minimum absolute atomic E-state index is 0.0390. The van der Waals surface area contributed by atoms with Gasteiger partial charge >= 0.3 is 12.4 Å². The summed E-state index contributed by atoms with van der Waals surface area (Å²) in [6.45, 7) is -0.483. The molecule has 1 saturated carbocycles. The minimum atomic E-state index is -6.12. The molecular weight excluding hydrogens is 565 g/mol. The summed E-state index contributed by atoms with van der Waals surface area (Å²) in [7, 11) is -4.08. The molecule has 0 bridgehead atoms. The SMILES string of the molecule is O=C(Nc1ccc(C(O)(C(F)(F)F)C(F)(F)F)cc1)C1c2ccc(S(=O)(=O)CC3(F)CC3)cc2CN1C(=O)[O-]. The maximum absolute atomic E-state index is 14.1. The van der Waals surface area contributed by atoms with Gasteiger partial charge in [-0.3, -0.25) is 4.79 Å². The number of alkyl halides is 7. The maximum atomic E-state index is 14.1. The lowest BCUT2D eigenvalue weighted by Gasteiger charge is -2.32. The Kier molecular flexibility index (Phi) is 6.66. The molecule has 2 aromatic carbocycles. The van der Waals surface area contributed by atoms with Crippen molar-refractivity contribution in [3.63, 3.8) is 0 Å². The molecule has 2 aliphatic rings. The molecule has 1 unspecified atom stereocenters. The van der Waals surface area contributed by atoms with Crippen LogP contribution in [0.1, 0.15) is 35.6 Å². The van der Waals surface area contributed by atoms with E-state index in [2.05, 4.69) is 5.32 Å². The molecule has 4 rings (SSSR count). The second-order valence-corrected chi connectivity index (χ2v) is 11.3. The van der Waals surface area contributed by atoms with Crippen molar-refractivity contribution in [2.24, 2.45) is 0 Å². The van der Waals surface area contributed by atoms with Crippen LogP contribution >= 0.6 is 0 Å².